The number of thiophene rings is 1. The van der Waals surface area contributed by atoms with Crippen molar-refractivity contribution in [1.82, 2.24) is 10.2 Å². The zero-order valence-corrected chi connectivity index (χ0v) is 11.4. The van der Waals surface area contributed by atoms with Gasteiger partial charge in [-0.05, 0) is 12.5 Å². The fraction of sp³-hybridized carbons (Fsp3) is 0.667. The maximum Gasteiger partial charge on any atom is 0.324 e. The van der Waals surface area contributed by atoms with Crippen molar-refractivity contribution in [1.29, 1.82) is 0 Å². The smallest absolute Gasteiger partial charge is 0.314 e. The average Bonchev–Trinajstić information content (AvgIpc) is 2.86. The van der Waals surface area contributed by atoms with Gasteiger partial charge in [0, 0.05) is 43.2 Å². The van der Waals surface area contributed by atoms with Crippen LogP contribution in [0, 0.1) is 10.1 Å². The van der Waals surface area contributed by atoms with Gasteiger partial charge in [-0.25, -0.2) is 0 Å². The third-order valence-corrected chi connectivity index (χ3v) is 4.41. The first-order valence-electron chi connectivity index (χ1n) is 6.41. The number of nitrogens with zero attached hydrogens (tertiary/aromatic N) is 2. The Hall–Kier alpha value is -0.980. The molecule has 5 nitrogen and oxygen atoms in total. The highest BCUT2D eigenvalue weighted by molar-refractivity contribution is 7.15. The lowest BCUT2D eigenvalue weighted by molar-refractivity contribution is -0.380. The van der Waals surface area contributed by atoms with Crippen LogP contribution in [0.5, 0.6) is 0 Å². The minimum absolute atomic E-state index is 0.251. The normalized spacial score (nSPS) is 18.7. The summed E-state index contributed by atoms with van der Waals surface area (Å²) >= 11 is 1.32. The van der Waals surface area contributed by atoms with Crippen LogP contribution in [0.2, 0.25) is 0 Å². The van der Waals surface area contributed by atoms with Crippen LogP contribution in [0.3, 0.4) is 0 Å². The van der Waals surface area contributed by atoms with E-state index < -0.39 is 0 Å². The van der Waals surface area contributed by atoms with E-state index in [2.05, 4.69) is 17.1 Å². The first kappa shape index (κ1) is 13.5. The highest BCUT2D eigenvalue weighted by Gasteiger charge is 2.24. The zero-order valence-electron chi connectivity index (χ0n) is 10.6. The van der Waals surface area contributed by atoms with Crippen LogP contribution in [-0.4, -0.2) is 36.0 Å². The molecule has 1 atom stereocenters. The molecule has 6 heteroatoms. The molecule has 1 aliphatic heterocycles. The van der Waals surface area contributed by atoms with E-state index >= 15 is 0 Å². The first-order valence-corrected chi connectivity index (χ1v) is 7.23. The Morgan fingerprint density at radius 1 is 1.50 bits per heavy atom. The third-order valence-electron chi connectivity index (χ3n) is 3.28. The molecule has 0 amide bonds. The number of piperazine rings is 1. The molecular formula is C12H19N3O2S. The standard InChI is InChI=1S/C12H19N3O2S/c1-2-3-10(14-8-6-13-7-9-14)11-4-5-12(18-11)15(16)17/h4-5,10,13H,2-3,6-9H2,1H3/t10-/m0/s1. The van der Waals surface area contributed by atoms with E-state index in [0.717, 1.165) is 43.9 Å². The molecular weight excluding hydrogens is 250 g/mol. The minimum atomic E-state index is -0.297. The maximum absolute atomic E-state index is 10.8. The molecule has 0 aliphatic carbocycles. The molecule has 1 saturated heterocycles. The van der Waals surface area contributed by atoms with Crippen LogP contribution in [0.4, 0.5) is 5.00 Å². The van der Waals surface area contributed by atoms with Gasteiger partial charge in [0.25, 0.3) is 0 Å². The summed E-state index contributed by atoms with van der Waals surface area (Å²) in [5, 5.41) is 14.4. The Morgan fingerprint density at radius 3 is 2.78 bits per heavy atom. The molecule has 1 fully saturated rings. The Labute approximate surface area is 111 Å². The second-order valence-corrected chi connectivity index (χ2v) is 5.62. The third kappa shape index (κ3) is 3.07. The van der Waals surface area contributed by atoms with Gasteiger partial charge < -0.3 is 5.32 Å². The van der Waals surface area contributed by atoms with Gasteiger partial charge in [-0.15, -0.1) is 0 Å². The van der Waals surface area contributed by atoms with Gasteiger partial charge in [0.15, 0.2) is 0 Å². The molecule has 1 aromatic heterocycles. The Morgan fingerprint density at radius 2 is 2.22 bits per heavy atom. The van der Waals surface area contributed by atoms with E-state index in [4.69, 9.17) is 0 Å². The summed E-state index contributed by atoms with van der Waals surface area (Å²) in [6.07, 6.45) is 2.16. The van der Waals surface area contributed by atoms with Gasteiger partial charge in [-0.1, -0.05) is 24.7 Å². The first-order chi connectivity index (χ1) is 8.72. The van der Waals surface area contributed by atoms with Gasteiger partial charge in [0.2, 0.25) is 0 Å². The molecule has 0 spiro atoms. The van der Waals surface area contributed by atoms with Crippen molar-refractivity contribution in [3.05, 3.63) is 27.1 Å². The Balaban J connectivity index is 2.14. The topological polar surface area (TPSA) is 58.4 Å². The van der Waals surface area contributed by atoms with E-state index in [9.17, 15) is 10.1 Å². The lowest BCUT2D eigenvalue weighted by Gasteiger charge is -2.34. The van der Waals surface area contributed by atoms with Gasteiger partial charge in [0.05, 0.1) is 4.92 Å². The van der Waals surface area contributed by atoms with Gasteiger partial charge in [0.1, 0.15) is 0 Å². The van der Waals surface area contributed by atoms with E-state index in [1.807, 2.05) is 6.07 Å². The lowest BCUT2D eigenvalue weighted by Crippen LogP contribution is -2.44. The van der Waals surface area contributed by atoms with Crippen LogP contribution in [0.25, 0.3) is 0 Å². The zero-order chi connectivity index (χ0) is 13.0. The summed E-state index contributed by atoms with van der Waals surface area (Å²) in [5.74, 6) is 0. The summed E-state index contributed by atoms with van der Waals surface area (Å²) in [5.41, 5.74) is 0. The second-order valence-electron chi connectivity index (χ2n) is 4.52. The van der Waals surface area contributed by atoms with Crippen molar-refractivity contribution < 1.29 is 4.92 Å². The molecule has 100 valence electrons. The molecule has 0 aromatic carbocycles. The molecule has 18 heavy (non-hydrogen) atoms. The number of rotatable bonds is 5. The van der Waals surface area contributed by atoms with Gasteiger partial charge in [-0.2, -0.15) is 0 Å². The monoisotopic (exact) mass is 269 g/mol. The highest BCUT2D eigenvalue weighted by Crippen LogP contribution is 2.34. The maximum atomic E-state index is 10.8. The molecule has 1 aliphatic rings. The second kappa shape index (κ2) is 6.26. The number of hydrogen-bond donors (Lipinski definition) is 1. The molecule has 0 radical (unpaired) electrons. The quantitative estimate of drug-likeness (QED) is 0.658. The molecule has 1 aromatic rings. The average molecular weight is 269 g/mol. The number of hydrogen-bond acceptors (Lipinski definition) is 5. The van der Waals surface area contributed by atoms with E-state index in [1.54, 1.807) is 6.07 Å². The summed E-state index contributed by atoms with van der Waals surface area (Å²) in [6, 6.07) is 3.89. The van der Waals surface area contributed by atoms with Crippen molar-refractivity contribution in [2.45, 2.75) is 25.8 Å². The van der Waals surface area contributed by atoms with Crippen LogP contribution < -0.4 is 5.32 Å². The van der Waals surface area contributed by atoms with Crippen molar-refractivity contribution >= 4 is 16.3 Å². The van der Waals surface area contributed by atoms with Gasteiger partial charge in [-0.3, -0.25) is 15.0 Å². The molecule has 0 saturated carbocycles. The number of nitrogens with one attached hydrogen (secondary N) is 1. The van der Waals surface area contributed by atoms with Crippen LogP contribution >= 0.6 is 11.3 Å². The molecule has 2 rings (SSSR count). The van der Waals surface area contributed by atoms with Crippen molar-refractivity contribution in [3.63, 3.8) is 0 Å². The largest absolute Gasteiger partial charge is 0.324 e. The summed E-state index contributed by atoms with van der Waals surface area (Å²) in [4.78, 5) is 14.0. The molecule has 0 bridgehead atoms. The van der Waals surface area contributed by atoms with Crippen LogP contribution in [0.15, 0.2) is 12.1 Å². The summed E-state index contributed by atoms with van der Waals surface area (Å²) in [6.45, 7) is 6.23. The van der Waals surface area contributed by atoms with E-state index in [-0.39, 0.29) is 9.92 Å². The fourth-order valence-corrected chi connectivity index (χ4v) is 3.38. The molecule has 0 unspecified atom stereocenters. The van der Waals surface area contributed by atoms with Crippen molar-refractivity contribution in [2.75, 3.05) is 26.2 Å². The molecule has 1 N–H and O–H groups in total. The minimum Gasteiger partial charge on any atom is -0.314 e. The van der Waals surface area contributed by atoms with E-state index in [0.29, 0.717) is 6.04 Å². The predicted molar refractivity (Wildman–Crippen MR) is 73.1 cm³/mol. The Kier molecular flexibility index (Phi) is 4.68. The van der Waals surface area contributed by atoms with E-state index in [1.165, 1.54) is 11.3 Å². The predicted octanol–water partition coefficient (Wildman–Crippen LogP) is 2.40. The van der Waals surface area contributed by atoms with Crippen molar-refractivity contribution in [3.8, 4) is 0 Å². The summed E-state index contributed by atoms with van der Waals surface area (Å²) < 4.78 is 0. The van der Waals surface area contributed by atoms with Crippen molar-refractivity contribution in [2.24, 2.45) is 0 Å². The van der Waals surface area contributed by atoms with Crippen LogP contribution in [0.1, 0.15) is 30.7 Å². The highest BCUT2D eigenvalue weighted by atomic mass is 32.1. The summed E-state index contributed by atoms with van der Waals surface area (Å²) in [7, 11) is 0. The number of nitro groups is 1. The Bertz CT molecular complexity index is 402. The molecule has 2 heterocycles. The van der Waals surface area contributed by atoms with Gasteiger partial charge >= 0.3 is 5.00 Å². The van der Waals surface area contributed by atoms with Crippen LogP contribution in [-0.2, 0) is 0 Å². The fourth-order valence-electron chi connectivity index (χ4n) is 2.39. The SMILES string of the molecule is CCC[C@@H](c1ccc([N+](=O)[O-])s1)N1CCNCC1. The lowest BCUT2D eigenvalue weighted by atomic mass is 10.1.